The van der Waals surface area contributed by atoms with Gasteiger partial charge < -0.3 is 4.90 Å². The van der Waals surface area contributed by atoms with Gasteiger partial charge in [0, 0.05) is 10.5 Å². The SMILES string of the molecule is CCN(CC)C(CCI)CC(C)C. The van der Waals surface area contributed by atoms with E-state index in [-0.39, 0.29) is 0 Å². The lowest BCUT2D eigenvalue weighted by atomic mass is 10.0. The zero-order valence-electron chi connectivity index (χ0n) is 9.52. The van der Waals surface area contributed by atoms with Gasteiger partial charge in [-0.05, 0) is 31.8 Å². The van der Waals surface area contributed by atoms with Gasteiger partial charge in [-0.1, -0.05) is 50.3 Å². The molecule has 2 heteroatoms. The molecule has 0 saturated carbocycles. The van der Waals surface area contributed by atoms with E-state index in [9.17, 15) is 0 Å². The number of hydrogen-bond acceptors (Lipinski definition) is 1. The maximum absolute atomic E-state index is 2.60. The molecule has 0 aromatic heterocycles. The van der Waals surface area contributed by atoms with Crippen molar-refractivity contribution < 1.29 is 0 Å². The van der Waals surface area contributed by atoms with Crippen molar-refractivity contribution in [2.45, 2.75) is 46.6 Å². The maximum atomic E-state index is 2.60. The Morgan fingerprint density at radius 2 is 1.69 bits per heavy atom. The quantitative estimate of drug-likeness (QED) is 0.513. The third-order valence-electron chi connectivity index (χ3n) is 2.51. The number of alkyl halides is 1. The summed E-state index contributed by atoms with van der Waals surface area (Å²) in [5.41, 5.74) is 0. The van der Waals surface area contributed by atoms with Crippen molar-refractivity contribution in [2.75, 3.05) is 17.5 Å². The van der Waals surface area contributed by atoms with E-state index in [4.69, 9.17) is 0 Å². The Bertz CT molecular complexity index is 111. The molecule has 0 aromatic carbocycles. The van der Waals surface area contributed by atoms with Crippen LogP contribution < -0.4 is 0 Å². The van der Waals surface area contributed by atoms with Gasteiger partial charge in [0.2, 0.25) is 0 Å². The van der Waals surface area contributed by atoms with Gasteiger partial charge in [-0.25, -0.2) is 0 Å². The maximum Gasteiger partial charge on any atom is 0.0105 e. The lowest BCUT2D eigenvalue weighted by Gasteiger charge is -2.30. The van der Waals surface area contributed by atoms with Crippen molar-refractivity contribution in [1.29, 1.82) is 0 Å². The van der Waals surface area contributed by atoms with E-state index in [1.807, 2.05) is 0 Å². The molecule has 0 aromatic rings. The van der Waals surface area contributed by atoms with Crippen LogP contribution in [0.15, 0.2) is 0 Å². The monoisotopic (exact) mass is 297 g/mol. The van der Waals surface area contributed by atoms with Crippen molar-refractivity contribution in [3.05, 3.63) is 0 Å². The minimum atomic E-state index is 0.812. The summed E-state index contributed by atoms with van der Waals surface area (Å²) in [5, 5.41) is 0. The molecule has 0 aliphatic carbocycles. The highest BCUT2D eigenvalue weighted by Crippen LogP contribution is 2.15. The van der Waals surface area contributed by atoms with E-state index < -0.39 is 0 Å². The van der Waals surface area contributed by atoms with E-state index in [1.54, 1.807) is 0 Å². The molecule has 0 spiro atoms. The third-order valence-corrected chi connectivity index (χ3v) is 3.14. The highest BCUT2D eigenvalue weighted by molar-refractivity contribution is 14.1. The second-order valence-electron chi connectivity index (χ2n) is 3.98. The first kappa shape index (κ1) is 13.7. The van der Waals surface area contributed by atoms with Crippen LogP contribution in [-0.2, 0) is 0 Å². The van der Waals surface area contributed by atoms with Crippen molar-refractivity contribution in [3.63, 3.8) is 0 Å². The van der Waals surface area contributed by atoms with Crippen LogP contribution in [0.2, 0.25) is 0 Å². The van der Waals surface area contributed by atoms with E-state index in [0.29, 0.717) is 0 Å². The van der Waals surface area contributed by atoms with Crippen LogP contribution in [0.3, 0.4) is 0 Å². The lowest BCUT2D eigenvalue weighted by Crippen LogP contribution is -2.36. The molecule has 0 saturated heterocycles. The fraction of sp³-hybridized carbons (Fsp3) is 1.00. The number of halogens is 1. The van der Waals surface area contributed by atoms with Crippen molar-refractivity contribution in [3.8, 4) is 0 Å². The molecule has 0 bridgehead atoms. The molecule has 0 amide bonds. The van der Waals surface area contributed by atoms with Crippen LogP contribution in [0.4, 0.5) is 0 Å². The molecule has 0 heterocycles. The Morgan fingerprint density at radius 3 is 2.00 bits per heavy atom. The Kier molecular flexibility index (Phi) is 8.46. The average molecular weight is 297 g/mol. The van der Waals surface area contributed by atoms with E-state index in [1.165, 1.54) is 30.4 Å². The fourth-order valence-electron chi connectivity index (χ4n) is 1.86. The number of hydrogen-bond donors (Lipinski definition) is 0. The van der Waals surface area contributed by atoms with Gasteiger partial charge in [0.1, 0.15) is 0 Å². The molecule has 1 atom stereocenters. The van der Waals surface area contributed by atoms with Crippen LogP contribution in [-0.4, -0.2) is 28.5 Å². The highest BCUT2D eigenvalue weighted by atomic mass is 127. The Morgan fingerprint density at radius 1 is 1.15 bits per heavy atom. The van der Waals surface area contributed by atoms with Crippen LogP contribution >= 0.6 is 22.6 Å². The van der Waals surface area contributed by atoms with Gasteiger partial charge in [-0.3, -0.25) is 0 Å². The lowest BCUT2D eigenvalue weighted by molar-refractivity contribution is 0.187. The van der Waals surface area contributed by atoms with Crippen LogP contribution in [0.1, 0.15) is 40.5 Å². The highest BCUT2D eigenvalue weighted by Gasteiger charge is 2.15. The first-order chi connectivity index (χ1) is 6.15. The smallest absolute Gasteiger partial charge is 0.0105 e. The van der Waals surface area contributed by atoms with E-state index in [2.05, 4.69) is 55.2 Å². The van der Waals surface area contributed by atoms with Crippen LogP contribution in [0, 0.1) is 5.92 Å². The summed E-state index contributed by atoms with van der Waals surface area (Å²) in [6.45, 7) is 11.6. The van der Waals surface area contributed by atoms with Gasteiger partial charge in [0.15, 0.2) is 0 Å². The topological polar surface area (TPSA) is 3.24 Å². The van der Waals surface area contributed by atoms with Crippen LogP contribution in [0.5, 0.6) is 0 Å². The Labute approximate surface area is 97.4 Å². The molecule has 80 valence electrons. The van der Waals surface area contributed by atoms with E-state index in [0.717, 1.165) is 12.0 Å². The molecule has 0 N–H and O–H groups in total. The Balaban J connectivity index is 4.03. The van der Waals surface area contributed by atoms with Gasteiger partial charge >= 0.3 is 0 Å². The summed E-state index contributed by atoms with van der Waals surface area (Å²) in [6, 6.07) is 0.812. The molecular weight excluding hydrogens is 273 g/mol. The minimum absolute atomic E-state index is 0.812. The van der Waals surface area contributed by atoms with Gasteiger partial charge in [-0.15, -0.1) is 0 Å². The zero-order chi connectivity index (χ0) is 10.3. The molecule has 13 heavy (non-hydrogen) atoms. The summed E-state index contributed by atoms with van der Waals surface area (Å²) in [6.07, 6.45) is 2.70. The normalized spacial score (nSPS) is 14.1. The number of nitrogens with zero attached hydrogens (tertiary/aromatic N) is 1. The van der Waals surface area contributed by atoms with Gasteiger partial charge in [0.05, 0.1) is 0 Å². The second-order valence-corrected chi connectivity index (χ2v) is 5.06. The fourth-order valence-corrected chi connectivity index (χ4v) is 2.58. The molecule has 1 unspecified atom stereocenters. The largest absolute Gasteiger partial charge is 0.301 e. The standard InChI is InChI=1S/C11H24IN/c1-5-13(6-2)11(7-8-12)9-10(3)4/h10-11H,5-9H2,1-4H3. The Hall–Kier alpha value is 0.690. The van der Waals surface area contributed by atoms with Crippen molar-refractivity contribution >= 4 is 22.6 Å². The minimum Gasteiger partial charge on any atom is -0.301 e. The third kappa shape index (κ3) is 5.89. The summed E-state index contributed by atoms with van der Waals surface area (Å²) in [5.74, 6) is 0.827. The average Bonchev–Trinajstić information content (AvgIpc) is 2.05. The predicted octanol–water partition coefficient (Wildman–Crippen LogP) is 3.57. The molecule has 0 aliphatic rings. The first-order valence-corrected chi connectivity index (χ1v) is 6.98. The summed E-state index contributed by atoms with van der Waals surface area (Å²) in [4.78, 5) is 2.60. The molecule has 1 nitrogen and oxygen atoms in total. The molecular formula is C11H24IN. The van der Waals surface area contributed by atoms with E-state index >= 15 is 0 Å². The van der Waals surface area contributed by atoms with Gasteiger partial charge in [-0.2, -0.15) is 0 Å². The number of rotatable bonds is 7. The molecule has 0 rings (SSSR count). The molecule has 0 aliphatic heterocycles. The van der Waals surface area contributed by atoms with Gasteiger partial charge in [0.25, 0.3) is 0 Å². The zero-order valence-corrected chi connectivity index (χ0v) is 11.7. The van der Waals surface area contributed by atoms with Crippen LogP contribution in [0.25, 0.3) is 0 Å². The first-order valence-electron chi connectivity index (χ1n) is 5.45. The summed E-state index contributed by atoms with van der Waals surface area (Å²) < 4.78 is 1.28. The molecule has 0 fully saturated rings. The van der Waals surface area contributed by atoms with Crippen molar-refractivity contribution in [2.24, 2.45) is 5.92 Å². The summed E-state index contributed by atoms with van der Waals surface area (Å²) in [7, 11) is 0. The molecule has 0 radical (unpaired) electrons. The predicted molar refractivity (Wildman–Crippen MR) is 69.7 cm³/mol. The second kappa shape index (κ2) is 8.04. The summed E-state index contributed by atoms with van der Waals surface area (Å²) >= 11 is 2.49. The van der Waals surface area contributed by atoms with Crippen molar-refractivity contribution in [1.82, 2.24) is 4.90 Å².